The summed E-state index contributed by atoms with van der Waals surface area (Å²) in [6, 6.07) is 8.28. The van der Waals surface area contributed by atoms with Crippen molar-refractivity contribution in [2.45, 2.75) is 26.4 Å². The van der Waals surface area contributed by atoms with Gasteiger partial charge in [-0.2, -0.15) is 5.26 Å². The molecule has 0 N–H and O–H groups in total. The fourth-order valence-electron chi connectivity index (χ4n) is 1.89. The van der Waals surface area contributed by atoms with Crippen LogP contribution in [0.4, 0.5) is 0 Å². The van der Waals surface area contributed by atoms with Gasteiger partial charge in [-0.05, 0) is 31.5 Å². The fourth-order valence-corrected chi connectivity index (χ4v) is 1.89. The summed E-state index contributed by atoms with van der Waals surface area (Å²) < 4.78 is 10.4. The van der Waals surface area contributed by atoms with Gasteiger partial charge in [0.2, 0.25) is 0 Å². The molecule has 1 rings (SSSR count). The number of nitriles is 1. The van der Waals surface area contributed by atoms with Crippen LogP contribution in [-0.4, -0.2) is 38.3 Å². The number of ether oxygens (including phenoxy) is 2. The summed E-state index contributed by atoms with van der Waals surface area (Å²) in [5.74, 6) is 0.635. The Bertz CT molecular complexity index is 438. The van der Waals surface area contributed by atoms with Crippen LogP contribution in [0, 0.1) is 11.3 Å². The third kappa shape index (κ3) is 4.55. The molecule has 4 nitrogen and oxygen atoms in total. The molecule has 104 valence electrons. The minimum absolute atomic E-state index is 0.441. The average molecular weight is 262 g/mol. The maximum absolute atomic E-state index is 8.97. The molecule has 0 spiro atoms. The second-order valence-electron chi connectivity index (χ2n) is 4.70. The van der Waals surface area contributed by atoms with E-state index in [1.807, 2.05) is 18.2 Å². The standard InChI is InChI=1S/C15H22N2O2/c1-12(2)17(7-8-18-3)11-13-5-6-14(10-16)15(9-13)19-4/h5-6,9,12H,7-8,11H2,1-4H3. The molecule has 0 aliphatic carbocycles. The number of methoxy groups -OCH3 is 2. The maximum Gasteiger partial charge on any atom is 0.136 e. The molecule has 0 amide bonds. The molecule has 0 heterocycles. The molecule has 1 aromatic rings. The van der Waals surface area contributed by atoms with E-state index in [0.717, 1.165) is 18.7 Å². The van der Waals surface area contributed by atoms with Crippen molar-refractivity contribution >= 4 is 0 Å². The van der Waals surface area contributed by atoms with Gasteiger partial charge in [0.25, 0.3) is 0 Å². The van der Waals surface area contributed by atoms with Crippen molar-refractivity contribution in [3.63, 3.8) is 0 Å². The van der Waals surface area contributed by atoms with Crippen LogP contribution in [0.5, 0.6) is 5.75 Å². The van der Waals surface area contributed by atoms with Crippen LogP contribution < -0.4 is 4.74 Å². The van der Waals surface area contributed by atoms with E-state index in [1.54, 1.807) is 14.2 Å². The van der Waals surface area contributed by atoms with E-state index < -0.39 is 0 Å². The molecule has 0 aliphatic rings. The minimum atomic E-state index is 0.441. The Labute approximate surface area is 115 Å². The van der Waals surface area contributed by atoms with Crippen LogP contribution in [-0.2, 0) is 11.3 Å². The van der Waals surface area contributed by atoms with Crippen LogP contribution in [0.25, 0.3) is 0 Å². The van der Waals surface area contributed by atoms with Gasteiger partial charge in [0.05, 0.1) is 19.3 Å². The van der Waals surface area contributed by atoms with Crippen LogP contribution in [0.15, 0.2) is 18.2 Å². The molecule has 1 aromatic carbocycles. The highest BCUT2D eigenvalue weighted by molar-refractivity contribution is 5.45. The molecule has 0 aromatic heterocycles. The predicted molar refractivity (Wildman–Crippen MR) is 75.1 cm³/mol. The van der Waals surface area contributed by atoms with Gasteiger partial charge in [0.1, 0.15) is 11.8 Å². The highest BCUT2D eigenvalue weighted by Crippen LogP contribution is 2.20. The Morgan fingerprint density at radius 3 is 2.58 bits per heavy atom. The first-order valence-electron chi connectivity index (χ1n) is 6.42. The lowest BCUT2D eigenvalue weighted by Crippen LogP contribution is -2.33. The Balaban J connectivity index is 2.82. The third-order valence-electron chi connectivity index (χ3n) is 3.08. The van der Waals surface area contributed by atoms with Gasteiger partial charge >= 0.3 is 0 Å². The molecule has 0 saturated heterocycles. The van der Waals surface area contributed by atoms with E-state index in [9.17, 15) is 0 Å². The monoisotopic (exact) mass is 262 g/mol. The minimum Gasteiger partial charge on any atom is -0.495 e. The summed E-state index contributed by atoms with van der Waals surface area (Å²) in [6.07, 6.45) is 0. The number of hydrogen-bond acceptors (Lipinski definition) is 4. The average Bonchev–Trinajstić information content (AvgIpc) is 2.42. The van der Waals surface area contributed by atoms with Crippen LogP contribution in [0.3, 0.4) is 0 Å². The topological polar surface area (TPSA) is 45.5 Å². The summed E-state index contributed by atoms with van der Waals surface area (Å²) in [7, 11) is 3.30. The van der Waals surface area contributed by atoms with Crippen molar-refractivity contribution in [2.75, 3.05) is 27.4 Å². The predicted octanol–water partition coefficient (Wildman–Crippen LogP) is 2.42. The fraction of sp³-hybridized carbons (Fsp3) is 0.533. The van der Waals surface area contributed by atoms with E-state index in [4.69, 9.17) is 14.7 Å². The smallest absolute Gasteiger partial charge is 0.136 e. The van der Waals surface area contributed by atoms with Crippen molar-refractivity contribution in [3.8, 4) is 11.8 Å². The first kappa shape index (κ1) is 15.5. The van der Waals surface area contributed by atoms with Gasteiger partial charge in [-0.3, -0.25) is 4.90 Å². The normalized spacial score (nSPS) is 10.8. The third-order valence-corrected chi connectivity index (χ3v) is 3.08. The molecular weight excluding hydrogens is 240 g/mol. The zero-order chi connectivity index (χ0) is 14.3. The van der Waals surface area contributed by atoms with E-state index in [-0.39, 0.29) is 0 Å². The van der Waals surface area contributed by atoms with Gasteiger partial charge in [0.15, 0.2) is 0 Å². The Hall–Kier alpha value is -1.57. The summed E-state index contributed by atoms with van der Waals surface area (Å²) in [4.78, 5) is 2.32. The first-order valence-corrected chi connectivity index (χ1v) is 6.42. The van der Waals surface area contributed by atoms with Gasteiger partial charge in [-0.1, -0.05) is 6.07 Å². The molecule has 0 aliphatic heterocycles. The van der Waals surface area contributed by atoms with Crippen LogP contribution >= 0.6 is 0 Å². The molecule has 0 atom stereocenters. The van der Waals surface area contributed by atoms with Gasteiger partial charge in [-0.25, -0.2) is 0 Å². The molecule has 0 bridgehead atoms. The van der Waals surface area contributed by atoms with Crippen molar-refractivity contribution in [1.82, 2.24) is 4.90 Å². The molecule has 4 heteroatoms. The molecule has 19 heavy (non-hydrogen) atoms. The molecule has 0 fully saturated rings. The second kappa shape index (κ2) is 7.78. The number of nitrogens with zero attached hydrogens (tertiary/aromatic N) is 2. The highest BCUT2D eigenvalue weighted by atomic mass is 16.5. The Kier molecular flexibility index (Phi) is 6.34. The lowest BCUT2D eigenvalue weighted by Gasteiger charge is -2.26. The zero-order valence-electron chi connectivity index (χ0n) is 12.1. The largest absolute Gasteiger partial charge is 0.495 e. The number of hydrogen-bond donors (Lipinski definition) is 0. The van der Waals surface area contributed by atoms with E-state index in [0.29, 0.717) is 24.0 Å². The molecule has 0 radical (unpaired) electrons. The molecule has 0 unspecified atom stereocenters. The second-order valence-corrected chi connectivity index (χ2v) is 4.70. The van der Waals surface area contributed by atoms with E-state index in [2.05, 4.69) is 24.8 Å². The van der Waals surface area contributed by atoms with Crippen molar-refractivity contribution < 1.29 is 9.47 Å². The summed E-state index contributed by atoms with van der Waals surface area (Å²) in [5, 5.41) is 8.97. The Morgan fingerprint density at radius 1 is 1.32 bits per heavy atom. The summed E-state index contributed by atoms with van der Waals surface area (Å²) >= 11 is 0. The van der Waals surface area contributed by atoms with Crippen LogP contribution in [0.1, 0.15) is 25.0 Å². The highest BCUT2D eigenvalue weighted by Gasteiger charge is 2.11. The van der Waals surface area contributed by atoms with Crippen molar-refractivity contribution in [2.24, 2.45) is 0 Å². The van der Waals surface area contributed by atoms with Crippen molar-refractivity contribution in [3.05, 3.63) is 29.3 Å². The quantitative estimate of drug-likeness (QED) is 0.757. The van der Waals surface area contributed by atoms with Gasteiger partial charge < -0.3 is 9.47 Å². The van der Waals surface area contributed by atoms with E-state index in [1.165, 1.54) is 0 Å². The summed E-state index contributed by atoms with van der Waals surface area (Å²) in [6.45, 7) is 6.75. The Morgan fingerprint density at radius 2 is 2.05 bits per heavy atom. The first-order chi connectivity index (χ1) is 9.12. The lowest BCUT2D eigenvalue weighted by atomic mass is 10.1. The maximum atomic E-state index is 8.97. The lowest BCUT2D eigenvalue weighted by molar-refractivity contribution is 0.125. The number of rotatable bonds is 7. The zero-order valence-corrected chi connectivity index (χ0v) is 12.1. The van der Waals surface area contributed by atoms with Crippen LogP contribution in [0.2, 0.25) is 0 Å². The SMILES string of the molecule is COCCN(Cc1ccc(C#N)c(OC)c1)C(C)C. The van der Waals surface area contributed by atoms with Gasteiger partial charge in [-0.15, -0.1) is 0 Å². The van der Waals surface area contributed by atoms with Gasteiger partial charge in [0, 0.05) is 26.2 Å². The molecular formula is C15H22N2O2. The summed E-state index contributed by atoms with van der Waals surface area (Å²) in [5.41, 5.74) is 1.71. The number of benzene rings is 1. The van der Waals surface area contributed by atoms with Crippen molar-refractivity contribution in [1.29, 1.82) is 5.26 Å². The van der Waals surface area contributed by atoms with E-state index >= 15 is 0 Å². The molecule has 0 saturated carbocycles.